The number of phenols is 2. The van der Waals surface area contributed by atoms with Crippen LogP contribution in [0.5, 0.6) is 23.0 Å². The van der Waals surface area contributed by atoms with Crippen LogP contribution >= 0.6 is 0 Å². The van der Waals surface area contributed by atoms with Crippen molar-refractivity contribution in [2.24, 2.45) is 0 Å². The Morgan fingerprint density at radius 3 is 1.40 bits per heavy atom. The molecular weight excluding hydrogens is 384 g/mol. The highest BCUT2D eigenvalue weighted by Gasteiger charge is 2.03. The fraction of sp³-hybridized carbons (Fsp3) is 0.500. The zero-order valence-corrected chi connectivity index (χ0v) is 18.6. The van der Waals surface area contributed by atoms with Crippen molar-refractivity contribution in [3.05, 3.63) is 47.5 Å². The van der Waals surface area contributed by atoms with Gasteiger partial charge in [-0.3, -0.25) is 0 Å². The molecule has 0 bridgehead atoms. The first-order chi connectivity index (χ1) is 14.5. The molecule has 6 nitrogen and oxygen atoms in total. The minimum absolute atomic E-state index is 0.162. The molecule has 0 saturated heterocycles. The van der Waals surface area contributed by atoms with Crippen LogP contribution in [0, 0.1) is 0 Å². The summed E-state index contributed by atoms with van der Waals surface area (Å²) in [6, 6.07) is 10.5. The quantitative estimate of drug-likeness (QED) is 0.446. The summed E-state index contributed by atoms with van der Waals surface area (Å²) in [5.41, 5.74) is 2.03. The molecule has 6 heteroatoms. The molecule has 0 atom stereocenters. The topological polar surface area (TPSA) is 77.4 Å². The summed E-state index contributed by atoms with van der Waals surface area (Å²) in [6.45, 7) is 6.95. The lowest BCUT2D eigenvalue weighted by molar-refractivity contribution is 0.118. The highest BCUT2D eigenvalue weighted by molar-refractivity contribution is 5.42. The molecule has 168 valence electrons. The third-order valence-electron chi connectivity index (χ3n) is 4.31. The zero-order chi connectivity index (χ0) is 22.2. The van der Waals surface area contributed by atoms with E-state index in [-0.39, 0.29) is 11.5 Å². The fourth-order valence-electron chi connectivity index (χ4n) is 2.50. The monoisotopic (exact) mass is 420 g/mol. The Balaban J connectivity index is 0.000000300. The van der Waals surface area contributed by atoms with Crippen molar-refractivity contribution in [1.82, 2.24) is 0 Å². The molecule has 0 aromatic heterocycles. The molecule has 0 radical (unpaired) electrons. The summed E-state index contributed by atoms with van der Waals surface area (Å²) >= 11 is 0. The summed E-state index contributed by atoms with van der Waals surface area (Å²) in [6.07, 6.45) is 4.43. The zero-order valence-electron chi connectivity index (χ0n) is 18.6. The van der Waals surface area contributed by atoms with Crippen LogP contribution in [0.25, 0.3) is 0 Å². The summed E-state index contributed by atoms with van der Waals surface area (Å²) in [5.74, 6) is 1.31. The van der Waals surface area contributed by atoms with Crippen LogP contribution in [0.1, 0.15) is 50.7 Å². The van der Waals surface area contributed by atoms with Crippen LogP contribution in [0.4, 0.5) is 0 Å². The van der Waals surface area contributed by atoms with Gasteiger partial charge in [0.25, 0.3) is 0 Å². The number of unbranched alkanes of at least 4 members (excludes halogenated alkanes) is 2. The van der Waals surface area contributed by atoms with E-state index >= 15 is 0 Å². The molecule has 0 aliphatic carbocycles. The molecule has 2 N–H and O–H groups in total. The van der Waals surface area contributed by atoms with Crippen molar-refractivity contribution in [2.45, 2.75) is 52.7 Å². The van der Waals surface area contributed by atoms with E-state index in [4.69, 9.17) is 18.9 Å². The van der Waals surface area contributed by atoms with E-state index in [1.54, 1.807) is 24.3 Å². The minimum atomic E-state index is 0.162. The lowest BCUT2D eigenvalue weighted by Crippen LogP contribution is -1.95. The Labute approximate surface area is 180 Å². The Morgan fingerprint density at radius 2 is 1.07 bits per heavy atom. The number of phenolic OH excluding ortho intramolecular Hbond substituents is 2. The van der Waals surface area contributed by atoms with Crippen molar-refractivity contribution in [1.29, 1.82) is 0 Å². The van der Waals surface area contributed by atoms with Crippen LogP contribution in [0.3, 0.4) is 0 Å². The first-order valence-electron chi connectivity index (χ1n) is 10.4. The second-order valence-electron chi connectivity index (χ2n) is 6.82. The van der Waals surface area contributed by atoms with E-state index in [1.165, 1.54) is 14.2 Å². The van der Waals surface area contributed by atoms with Gasteiger partial charge < -0.3 is 29.2 Å². The van der Waals surface area contributed by atoms with E-state index in [1.807, 2.05) is 12.1 Å². The van der Waals surface area contributed by atoms with Crippen molar-refractivity contribution >= 4 is 0 Å². The van der Waals surface area contributed by atoms with E-state index < -0.39 is 0 Å². The third-order valence-corrected chi connectivity index (χ3v) is 4.31. The molecule has 2 aromatic carbocycles. The lowest BCUT2D eigenvalue weighted by Gasteiger charge is -2.07. The molecule has 0 spiro atoms. The van der Waals surface area contributed by atoms with Gasteiger partial charge in [0.1, 0.15) is 0 Å². The number of aromatic hydroxyl groups is 2. The maximum Gasteiger partial charge on any atom is 0.160 e. The molecule has 0 fully saturated rings. The summed E-state index contributed by atoms with van der Waals surface area (Å²) < 4.78 is 20.9. The SMILES string of the molecule is CCCCOCc1ccc(O)c(OC)c1.CCCCOCc1ccc(O)c(OC)c1. The largest absolute Gasteiger partial charge is 0.504 e. The number of ether oxygens (including phenoxy) is 4. The van der Waals surface area contributed by atoms with Crippen molar-refractivity contribution in [3.63, 3.8) is 0 Å². The minimum Gasteiger partial charge on any atom is -0.504 e. The standard InChI is InChI=1S/2C12H18O3/c2*1-3-4-7-15-9-10-5-6-11(13)12(8-10)14-2/h2*5-6,8,13H,3-4,7,9H2,1-2H3. The van der Waals surface area contributed by atoms with E-state index in [2.05, 4.69) is 13.8 Å². The highest BCUT2D eigenvalue weighted by atomic mass is 16.5. The average Bonchev–Trinajstić information content (AvgIpc) is 2.77. The van der Waals surface area contributed by atoms with Gasteiger partial charge in [0, 0.05) is 13.2 Å². The van der Waals surface area contributed by atoms with Gasteiger partial charge in [0.05, 0.1) is 27.4 Å². The summed E-state index contributed by atoms with van der Waals surface area (Å²) in [5, 5.41) is 18.8. The van der Waals surface area contributed by atoms with Crippen LogP contribution in [-0.2, 0) is 22.7 Å². The molecular formula is C24H36O6. The number of benzene rings is 2. The molecule has 0 aliphatic heterocycles. The van der Waals surface area contributed by atoms with Gasteiger partial charge in [0.2, 0.25) is 0 Å². The van der Waals surface area contributed by atoms with Crippen LogP contribution in [0.15, 0.2) is 36.4 Å². The first kappa shape index (κ1) is 25.6. The lowest BCUT2D eigenvalue weighted by atomic mass is 10.2. The maximum absolute atomic E-state index is 9.38. The Bertz CT molecular complexity index is 655. The number of rotatable bonds is 12. The first-order valence-corrected chi connectivity index (χ1v) is 10.4. The van der Waals surface area contributed by atoms with E-state index in [9.17, 15) is 10.2 Å². The predicted molar refractivity (Wildman–Crippen MR) is 118 cm³/mol. The van der Waals surface area contributed by atoms with E-state index in [0.717, 1.165) is 50.0 Å². The highest BCUT2D eigenvalue weighted by Crippen LogP contribution is 2.27. The number of hydrogen-bond acceptors (Lipinski definition) is 6. The normalized spacial score (nSPS) is 10.3. The number of methoxy groups -OCH3 is 2. The summed E-state index contributed by atoms with van der Waals surface area (Å²) in [7, 11) is 3.08. The second kappa shape index (κ2) is 15.4. The van der Waals surface area contributed by atoms with Gasteiger partial charge in [-0.05, 0) is 48.2 Å². The Hall–Kier alpha value is -2.44. The Kier molecular flexibility index (Phi) is 13.1. The van der Waals surface area contributed by atoms with Gasteiger partial charge in [-0.25, -0.2) is 0 Å². The third kappa shape index (κ3) is 9.85. The van der Waals surface area contributed by atoms with Gasteiger partial charge in [-0.1, -0.05) is 38.8 Å². The molecule has 0 saturated carbocycles. The fourth-order valence-corrected chi connectivity index (χ4v) is 2.50. The molecule has 30 heavy (non-hydrogen) atoms. The molecule has 2 aromatic rings. The smallest absolute Gasteiger partial charge is 0.160 e. The maximum atomic E-state index is 9.38. The van der Waals surface area contributed by atoms with Gasteiger partial charge in [0.15, 0.2) is 23.0 Å². The second-order valence-corrected chi connectivity index (χ2v) is 6.82. The average molecular weight is 421 g/mol. The molecule has 2 rings (SSSR count). The van der Waals surface area contributed by atoms with Crippen molar-refractivity contribution < 1.29 is 29.2 Å². The van der Waals surface area contributed by atoms with Crippen molar-refractivity contribution in [2.75, 3.05) is 27.4 Å². The van der Waals surface area contributed by atoms with Crippen LogP contribution < -0.4 is 9.47 Å². The van der Waals surface area contributed by atoms with Gasteiger partial charge in [-0.15, -0.1) is 0 Å². The molecule has 0 amide bonds. The molecule has 0 heterocycles. The van der Waals surface area contributed by atoms with Crippen LogP contribution in [0.2, 0.25) is 0 Å². The van der Waals surface area contributed by atoms with Gasteiger partial charge in [-0.2, -0.15) is 0 Å². The molecule has 0 aliphatic rings. The van der Waals surface area contributed by atoms with Crippen LogP contribution in [-0.4, -0.2) is 37.6 Å². The van der Waals surface area contributed by atoms with Gasteiger partial charge >= 0.3 is 0 Å². The van der Waals surface area contributed by atoms with E-state index in [0.29, 0.717) is 24.7 Å². The Morgan fingerprint density at radius 1 is 0.667 bits per heavy atom. The predicted octanol–water partition coefficient (Wildman–Crippen LogP) is 5.44. The van der Waals surface area contributed by atoms with Crippen molar-refractivity contribution in [3.8, 4) is 23.0 Å². The molecule has 0 unspecified atom stereocenters. The number of hydrogen-bond donors (Lipinski definition) is 2. The summed E-state index contributed by atoms with van der Waals surface area (Å²) in [4.78, 5) is 0.